The molecule has 3 aliphatic rings. The number of aliphatic hydroxyl groups is 7. The van der Waals surface area contributed by atoms with Gasteiger partial charge in [0, 0.05) is 17.9 Å². The molecule has 3 aliphatic heterocycles. The Morgan fingerprint density at radius 2 is 1.50 bits per heavy atom. The Kier molecular flexibility index (Phi) is 13.3. The third-order valence-corrected chi connectivity index (χ3v) is 8.28. The summed E-state index contributed by atoms with van der Waals surface area (Å²) in [4.78, 5) is 25.5. The summed E-state index contributed by atoms with van der Waals surface area (Å²) in [5.41, 5.74) is 1.05. The Balaban J connectivity index is 1.42. The van der Waals surface area contributed by atoms with Crippen LogP contribution >= 0.6 is 0 Å². The fourth-order valence-electron chi connectivity index (χ4n) is 5.48. The van der Waals surface area contributed by atoms with E-state index >= 15 is 0 Å². The van der Waals surface area contributed by atoms with Gasteiger partial charge in [-0.25, -0.2) is 4.79 Å². The Morgan fingerprint density at radius 3 is 2.12 bits per heavy atom. The van der Waals surface area contributed by atoms with Crippen molar-refractivity contribution in [1.29, 1.82) is 0 Å². The molecule has 2 fully saturated rings. The summed E-state index contributed by atoms with van der Waals surface area (Å²) in [5, 5.41) is 80.9. The van der Waals surface area contributed by atoms with Crippen LogP contribution in [0.1, 0.15) is 18.9 Å². The van der Waals surface area contributed by atoms with Crippen LogP contribution in [0, 0.1) is 5.92 Å². The Morgan fingerprint density at radius 1 is 0.875 bits per heavy atom. The highest BCUT2D eigenvalue weighted by Crippen LogP contribution is 2.36. The molecule has 17 nitrogen and oxygen atoms in total. The Bertz CT molecular complexity index is 1280. The average Bonchev–Trinajstić information content (AvgIpc) is 3.08. The third-order valence-electron chi connectivity index (χ3n) is 8.28. The summed E-state index contributed by atoms with van der Waals surface area (Å²) in [6.07, 6.45) is -15.1. The molecule has 1 aromatic rings. The molecule has 17 heteroatoms. The molecule has 268 valence electrons. The SMILES string of the molecule is C/C=C1/C(O[C@@H]2O[C@H](CO[C@@H]3O[C@H](CO)[C@@H](O)[C@H](O)[C@H]3O)[C@@H](O)[C@H](O)[C@H]2O)OC=C(C(=O)OC)[C@H]1CC(=O)OCCc1ccc(O)cc1. The number of esters is 2. The summed E-state index contributed by atoms with van der Waals surface area (Å²) < 4.78 is 38.1. The molecule has 0 bridgehead atoms. The first-order chi connectivity index (χ1) is 22.9. The number of rotatable bonds is 12. The first kappa shape index (κ1) is 37.6. The molecule has 0 amide bonds. The van der Waals surface area contributed by atoms with Gasteiger partial charge < -0.3 is 74.0 Å². The van der Waals surface area contributed by atoms with E-state index in [9.17, 15) is 50.4 Å². The van der Waals surface area contributed by atoms with Crippen molar-refractivity contribution in [3.8, 4) is 5.75 Å². The number of ether oxygens (including phenoxy) is 7. The first-order valence-corrected chi connectivity index (χ1v) is 15.2. The Labute approximate surface area is 275 Å². The number of methoxy groups -OCH3 is 1. The zero-order valence-corrected chi connectivity index (χ0v) is 26.2. The number of phenolic OH excluding ortho intramolecular Hbond substituents is 1. The topological polar surface area (TPSA) is 261 Å². The minimum atomic E-state index is -1.83. The minimum Gasteiger partial charge on any atom is -0.508 e. The standard InChI is InChI=1S/C31H42O17/c1-3-16-17(10-21(34)43-9-8-14-4-6-15(33)7-5-14)18(28(41)42-2)12-44-29(16)48-31-27(40)25(38)23(36)20(47-31)13-45-30-26(39)24(37)22(35)19(11-32)46-30/h3-7,12,17,19-20,22-27,29-33,35-40H,8-11,13H2,1-2H3/b16-3+/t17-,19+,20+,22+,23+,24-,25-,26+,27+,29?,30+,31-/m0/s1. The van der Waals surface area contributed by atoms with Gasteiger partial charge >= 0.3 is 11.9 Å². The van der Waals surface area contributed by atoms with Crippen LogP contribution in [-0.2, 0) is 49.2 Å². The van der Waals surface area contributed by atoms with E-state index < -0.39 is 98.8 Å². The van der Waals surface area contributed by atoms with Crippen molar-refractivity contribution in [3.63, 3.8) is 0 Å². The van der Waals surface area contributed by atoms with E-state index in [1.54, 1.807) is 19.1 Å². The molecule has 0 aliphatic carbocycles. The average molecular weight is 687 g/mol. The minimum absolute atomic E-state index is 0.0180. The summed E-state index contributed by atoms with van der Waals surface area (Å²) in [7, 11) is 1.15. The zero-order valence-electron chi connectivity index (χ0n) is 26.2. The molecule has 1 aromatic carbocycles. The number of aromatic hydroxyl groups is 1. The summed E-state index contributed by atoms with van der Waals surface area (Å²) >= 11 is 0. The third kappa shape index (κ3) is 8.68. The molecule has 4 rings (SSSR count). The lowest BCUT2D eigenvalue weighted by molar-refractivity contribution is -0.344. The molecular weight excluding hydrogens is 644 g/mol. The largest absolute Gasteiger partial charge is 0.508 e. The van der Waals surface area contributed by atoms with Gasteiger partial charge in [-0.2, -0.15) is 0 Å². The van der Waals surface area contributed by atoms with E-state index in [0.29, 0.717) is 6.42 Å². The smallest absolute Gasteiger partial charge is 0.337 e. The van der Waals surface area contributed by atoms with Crippen LogP contribution in [0.4, 0.5) is 0 Å². The predicted molar refractivity (Wildman–Crippen MR) is 157 cm³/mol. The van der Waals surface area contributed by atoms with Crippen molar-refractivity contribution in [3.05, 3.63) is 53.3 Å². The van der Waals surface area contributed by atoms with Crippen molar-refractivity contribution in [2.24, 2.45) is 5.92 Å². The van der Waals surface area contributed by atoms with Crippen molar-refractivity contribution >= 4 is 11.9 Å². The second-order valence-electron chi connectivity index (χ2n) is 11.4. The van der Waals surface area contributed by atoms with Gasteiger partial charge in [-0.3, -0.25) is 4.79 Å². The predicted octanol–water partition coefficient (Wildman–Crippen LogP) is -2.52. The second-order valence-corrected chi connectivity index (χ2v) is 11.4. The lowest BCUT2D eigenvalue weighted by atomic mass is 9.86. The normalized spacial score (nSPS) is 36.2. The van der Waals surface area contributed by atoms with Crippen molar-refractivity contribution < 1.29 is 83.6 Å². The van der Waals surface area contributed by atoms with Gasteiger partial charge in [0.2, 0.25) is 6.29 Å². The van der Waals surface area contributed by atoms with Gasteiger partial charge in [0.05, 0.1) is 45.2 Å². The van der Waals surface area contributed by atoms with Gasteiger partial charge in [-0.05, 0) is 24.6 Å². The number of aliphatic hydroxyl groups excluding tert-OH is 7. The molecule has 0 aromatic heterocycles. The van der Waals surface area contributed by atoms with Crippen LogP contribution in [0.5, 0.6) is 5.75 Å². The molecule has 48 heavy (non-hydrogen) atoms. The maximum atomic E-state index is 12.9. The lowest BCUT2D eigenvalue weighted by Gasteiger charge is -2.43. The highest BCUT2D eigenvalue weighted by molar-refractivity contribution is 5.90. The van der Waals surface area contributed by atoms with Crippen LogP contribution in [0.3, 0.4) is 0 Å². The number of benzene rings is 1. The van der Waals surface area contributed by atoms with Crippen LogP contribution in [-0.4, -0.2) is 147 Å². The fraction of sp³-hybridized carbons (Fsp3) is 0.613. The molecule has 2 saturated heterocycles. The van der Waals surface area contributed by atoms with E-state index in [1.165, 1.54) is 18.2 Å². The summed E-state index contributed by atoms with van der Waals surface area (Å²) in [6, 6.07) is 6.38. The molecule has 12 atom stereocenters. The van der Waals surface area contributed by atoms with E-state index in [4.69, 9.17) is 33.2 Å². The lowest BCUT2D eigenvalue weighted by Crippen LogP contribution is -2.62. The number of hydrogen-bond acceptors (Lipinski definition) is 17. The van der Waals surface area contributed by atoms with Crippen LogP contribution < -0.4 is 0 Å². The van der Waals surface area contributed by atoms with Gasteiger partial charge in [0.25, 0.3) is 0 Å². The molecule has 3 heterocycles. The molecule has 1 unspecified atom stereocenters. The second kappa shape index (κ2) is 17.0. The van der Waals surface area contributed by atoms with Gasteiger partial charge in [-0.1, -0.05) is 18.2 Å². The van der Waals surface area contributed by atoms with E-state index in [2.05, 4.69) is 0 Å². The monoisotopic (exact) mass is 686 g/mol. The van der Waals surface area contributed by atoms with Crippen molar-refractivity contribution in [2.45, 2.75) is 87.5 Å². The summed E-state index contributed by atoms with van der Waals surface area (Å²) in [5.74, 6) is -2.30. The Hall–Kier alpha value is -3.20. The number of allylic oxidation sites excluding steroid dienone is 1. The van der Waals surface area contributed by atoms with Crippen LogP contribution in [0.25, 0.3) is 0 Å². The molecule has 0 spiro atoms. The molecular formula is C31H42O17. The van der Waals surface area contributed by atoms with E-state index in [1.807, 2.05) is 0 Å². The number of hydrogen-bond donors (Lipinski definition) is 8. The number of phenols is 1. The number of carbonyl (C=O) groups excluding carboxylic acids is 2. The van der Waals surface area contributed by atoms with Crippen LogP contribution in [0.2, 0.25) is 0 Å². The maximum absolute atomic E-state index is 12.9. The number of carbonyl (C=O) groups is 2. The zero-order chi connectivity index (χ0) is 35.1. The van der Waals surface area contributed by atoms with Crippen molar-refractivity contribution in [1.82, 2.24) is 0 Å². The fourth-order valence-corrected chi connectivity index (χ4v) is 5.48. The van der Waals surface area contributed by atoms with Gasteiger partial charge in [-0.15, -0.1) is 0 Å². The quantitative estimate of drug-likeness (QED) is 0.0834. The maximum Gasteiger partial charge on any atom is 0.337 e. The molecule has 8 N–H and O–H groups in total. The first-order valence-electron chi connectivity index (χ1n) is 15.2. The molecule has 0 radical (unpaired) electrons. The summed E-state index contributed by atoms with van der Waals surface area (Å²) in [6.45, 7) is 0.324. The van der Waals surface area contributed by atoms with E-state index in [0.717, 1.165) is 18.9 Å². The van der Waals surface area contributed by atoms with Crippen molar-refractivity contribution in [2.75, 3.05) is 26.9 Å². The van der Waals surface area contributed by atoms with Gasteiger partial charge in [0.1, 0.15) is 54.6 Å². The highest BCUT2D eigenvalue weighted by Gasteiger charge is 2.49. The molecule has 0 saturated carbocycles. The van der Waals surface area contributed by atoms with Crippen LogP contribution in [0.15, 0.2) is 47.7 Å². The highest BCUT2D eigenvalue weighted by atomic mass is 16.8. The van der Waals surface area contributed by atoms with E-state index in [-0.39, 0.29) is 29.9 Å². The van der Waals surface area contributed by atoms with Gasteiger partial charge in [0.15, 0.2) is 12.6 Å².